The largest absolute Gasteiger partial charge is 0.309 e. The maximum absolute atomic E-state index is 5.03. The SMILES string of the molecule is c1ccc(-c2nc(-c3ccccc3)nc(-c3cccc(-c4cccc5c4c4ccccc4n5-c4ccc(-c5ccc6c(c5)c5ccccc5n6-c5ccccc5)cc4)c3)n2)cc1. The van der Waals surface area contributed by atoms with E-state index in [1.165, 1.54) is 43.7 Å². The van der Waals surface area contributed by atoms with Gasteiger partial charge in [-0.2, -0.15) is 0 Å². The van der Waals surface area contributed by atoms with Crippen molar-refractivity contribution < 1.29 is 0 Å². The zero-order valence-electron chi connectivity index (χ0n) is 33.6. The third-order valence-electron chi connectivity index (χ3n) is 12.0. The van der Waals surface area contributed by atoms with Gasteiger partial charge in [-0.05, 0) is 82.9 Å². The smallest absolute Gasteiger partial charge is 0.164 e. The molecular formula is C57H37N5. The highest BCUT2D eigenvalue weighted by Gasteiger charge is 2.19. The average Bonchev–Trinajstić information content (AvgIpc) is 3.87. The Bertz CT molecular complexity index is 3550. The van der Waals surface area contributed by atoms with Crippen LogP contribution in [0.2, 0.25) is 0 Å². The number of hydrogen-bond acceptors (Lipinski definition) is 3. The zero-order valence-corrected chi connectivity index (χ0v) is 33.6. The third kappa shape index (κ3) is 5.98. The molecule has 0 unspecified atom stereocenters. The monoisotopic (exact) mass is 791 g/mol. The van der Waals surface area contributed by atoms with E-state index in [0.29, 0.717) is 17.5 Å². The van der Waals surface area contributed by atoms with Crippen LogP contribution in [0.4, 0.5) is 0 Å². The number of rotatable bonds is 7. The molecule has 0 amide bonds. The van der Waals surface area contributed by atoms with E-state index >= 15 is 0 Å². The van der Waals surface area contributed by atoms with Gasteiger partial charge >= 0.3 is 0 Å². The molecule has 0 aliphatic carbocycles. The highest BCUT2D eigenvalue weighted by atomic mass is 15.0. The summed E-state index contributed by atoms with van der Waals surface area (Å²) in [5.74, 6) is 1.93. The summed E-state index contributed by atoms with van der Waals surface area (Å²) in [5.41, 5.74) is 14.4. The van der Waals surface area contributed by atoms with Crippen LogP contribution in [0, 0.1) is 0 Å². The Balaban J connectivity index is 0.950. The first kappa shape index (κ1) is 35.5. The van der Waals surface area contributed by atoms with Gasteiger partial charge in [0.15, 0.2) is 17.5 Å². The second-order valence-electron chi connectivity index (χ2n) is 15.6. The zero-order chi connectivity index (χ0) is 41.0. The van der Waals surface area contributed by atoms with Gasteiger partial charge < -0.3 is 9.13 Å². The molecule has 3 aromatic heterocycles. The summed E-state index contributed by atoms with van der Waals surface area (Å²) in [4.78, 5) is 15.0. The van der Waals surface area contributed by atoms with Crippen LogP contribution < -0.4 is 0 Å². The Morgan fingerprint density at radius 1 is 0.258 bits per heavy atom. The van der Waals surface area contributed by atoms with E-state index in [4.69, 9.17) is 15.0 Å². The Labute approximate surface area is 358 Å². The lowest BCUT2D eigenvalue weighted by Gasteiger charge is -2.11. The van der Waals surface area contributed by atoms with Gasteiger partial charge in [-0.15, -0.1) is 0 Å². The summed E-state index contributed by atoms with van der Waals surface area (Å²) < 4.78 is 4.75. The molecule has 0 N–H and O–H groups in total. The van der Waals surface area contributed by atoms with Crippen LogP contribution in [0.5, 0.6) is 0 Å². The van der Waals surface area contributed by atoms with Crippen LogP contribution >= 0.6 is 0 Å². The molecular weight excluding hydrogens is 755 g/mol. The molecule has 9 aromatic carbocycles. The molecule has 5 heteroatoms. The van der Waals surface area contributed by atoms with Crippen molar-refractivity contribution in [2.45, 2.75) is 0 Å². The van der Waals surface area contributed by atoms with Crippen molar-refractivity contribution >= 4 is 43.6 Å². The molecule has 0 radical (unpaired) electrons. The van der Waals surface area contributed by atoms with Gasteiger partial charge in [0.05, 0.1) is 22.1 Å². The molecule has 5 nitrogen and oxygen atoms in total. The van der Waals surface area contributed by atoms with Crippen LogP contribution in [-0.4, -0.2) is 24.1 Å². The predicted octanol–water partition coefficient (Wildman–Crippen LogP) is 14.4. The standard InChI is InChI=1S/C57H37N5/c1-4-16-39(17-5-1)55-58-56(40-18-6-2-7-19-40)60-57(59-55)43-21-14-20-42(36-43)46-26-15-29-53-54(46)48-25-11-13-28-51(48)62(53)45-33-30-38(31-34-45)41-32-35-52-49(37-41)47-24-10-12-27-50(47)61(52)44-22-8-3-9-23-44/h1-37H. The first-order chi connectivity index (χ1) is 30.7. The van der Waals surface area contributed by atoms with E-state index < -0.39 is 0 Å². The minimum absolute atomic E-state index is 0.635. The van der Waals surface area contributed by atoms with Gasteiger partial charge in [0.25, 0.3) is 0 Å². The van der Waals surface area contributed by atoms with Crippen LogP contribution in [-0.2, 0) is 0 Å². The minimum Gasteiger partial charge on any atom is -0.309 e. The van der Waals surface area contributed by atoms with Crippen LogP contribution in [0.3, 0.4) is 0 Å². The molecule has 3 heterocycles. The maximum Gasteiger partial charge on any atom is 0.164 e. The van der Waals surface area contributed by atoms with E-state index in [2.05, 4.69) is 173 Å². The van der Waals surface area contributed by atoms with Gasteiger partial charge in [0, 0.05) is 49.6 Å². The maximum atomic E-state index is 5.03. The molecule has 62 heavy (non-hydrogen) atoms. The molecule has 0 spiro atoms. The van der Waals surface area contributed by atoms with Gasteiger partial charge in [0.1, 0.15) is 0 Å². The number of nitrogens with zero attached hydrogens (tertiary/aromatic N) is 5. The van der Waals surface area contributed by atoms with Crippen LogP contribution in [0.15, 0.2) is 224 Å². The average molecular weight is 792 g/mol. The van der Waals surface area contributed by atoms with Crippen molar-refractivity contribution in [3.8, 4) is 67.8 Å². The molecule has 12 aromatic rings. The Kier molecular flexibility index (Phi) is 8.42. The Hall–Kier alpha value is -8.41. The fourth-order valence-electron chi connectivity index (χ4n) is 9.11. The van der Waals surface area contributed by atoms with E-state index in [1.807, 2.05) is 60.7 Å². The summed E-state index contributed by atoms with van der Waals surface area (Å²) in [6, 6.07) is 79.3. The second kappa shape index (κ2) is 14.7. The summed E-state index contributed by atoms with van der Waals surface area (Å²) in [5, 5.41) is 4.90. The Morgan fingerprint density at radius 3 is 1.42 bits per heavy atom. The summed E-state index contributed by atoms with van der Waals surface area (Å²) in [6.07, 6.45) is 0. The molecule has 0 saturated carbocycles. The van der Waals surface area contributed by atoms with Gasteiger partial charge in [-0.1, -0.05) is 164 Å². The first-order valence-corrected chi connectivity index (χ1v) is 20.9. The number of benzene rings is 9. The second-order valence-corrected chi connectivity index (χ2v) is 15.6. The lowest BCUT2D eigenvalue weighted by Crippen LogP contribution is -2.00. The van der Waals surface area contributed by atoms with E-state index in [-0.39, 0.29) is 0 Å². The van der Waals surface area contributed by atoms with Crippen molar-refractivity contribution in [1.82, 2.24) is 24.1 Å². The quantitative estimate of drug-likeness (QED) is 0.162. The molecule has 0 atom stereocenters. The molecule has 0 bridgehead atoms. The molecule has 0 fully saturated rings. The molecule has 290 valence electrons. The Morgan fingerprint density at radius 2 is 0.726 bits per heavy atom. The van der Waals surface area contributed by atoms with Crippen LogP contribution in [0.1, 0.15) is 0 Å². The van der Waals surface area contributed by atoms with Crippen LogP contribution in [0.25, 0.3) is 111 Å². The van der Waals surface area contributed by atoms with E-state index in [9.17, 15) is 0 Å². The van der Waals surface area contributed by atoms with Crippen molar-refractivity contribution in [2.75, 3.05) is 0 Å². The highest BCUT2D eigenvalue weighted by Crippen LogP contribution is 2.40. The fourth-order valence-corrected chi connectivity index (χ4v) is 9.11. The van der Waals surface area contributed by atoms with Crippen molar-refractivity contribution in [1.29, 1.82) is 0 Å². The number of para-hydroxylation sites is 3. The van der Waals surface area contributed by atoms with Gasteiger partial charge in [0.2, 0.25) is 0 Å². The first-order valence-electron chi connectivity index (χ1n) is 20.9. The lowest BCUT2D eigenvalue weighted by atomic mass is 9.97. The number of fused-ring (bicyclic) bond motifs is 6. The summed E-state index contributed by atoms with van der Waals surface area (Å²) in [6.45, 7) is 0. The predicted molar refractivity (Wildman–Crippen MR) is 256 cm³/mol. The summed E-state index contributed by atoms with van der Waals surface area (Å²) in [7, 11) is 0. The fraction of sp³-hybridized carbons (Fsp3) is 0. The molecule has 0 aliphatic rings. The van der Waals surface area contributed by atoms with Crippen molar-refractivity contribution in [2.24, 2.45) is 0 Å². The number of hydrogen-bond donors (Lipinski definition) is 0. The summed E-state index contributed by atoms with van der Waals surface area (Å²) >= 11 is 0. The van der Waals surface area contributed by atoms with Crippen molar-refractivity contribution in [3.63, 3.8) is 0 Å². The van der Waals surface area contributed by atoms with E-state index in [0.717, 1.165) is 50.2 Å². The number of aromatic nitrogens is 5. The third-order valence-corrected chi connectivity index (χ3v) is 12.0. The molecule has 0 aliphatic heterocycles. The van der Waals surface area contributed by atoms with Crippen molar-refractivity contribution in [3.05, 3.63) is 224 Å². The lowest BCUT2D eigenvalue weighted by molar-refractivity contribution is 1.07. The molecule has 0 saturated heterocycles. The normalized spacial score (nSPS) is 11.5. The van der Waals surface area contributed by atoms with Gasteiger partial charge in [-0.3, -0.25) is 0 Å². The molecule has 12 rings (SSSR count). The topological polar surface area (TPSA) is 48.5 Å². The minimum atomic E-state index is 0.635. The highest BCUT2D eigenvalue weighted by molar-refractivity contribution is 6.16. The van der Waals surface area contributed by atoms with E-state index in [1.54, 1.807) is 0 Å². The van der Waals surface area contributed by atoms with Gasteiger partial charge in [-0.25, -0.2) is 15.0 Å².